The van der Waals surface area contributed by atoms with E-state index >= 15 is 0 Å². The molecule has 4 rings (SSSR count). The van der Waals surface area contributed by atoms with Gasteiger partial charge in [-0.25, -0.2) is 4.39 Å². The lowest BCUT2D eigenvalue weighted by Crippen LogP contribution is -2.42. The van der Waals surface area contributed by atoms with Gasteiger partial charge in [-0.1, -0.05) is 11.6 Å². The molecule has 2 heterocycles. The number of ketones is 1. The first-order valence-corrected chi connectivity index (χ1v) is 11.4. The highest BCUT2D eigenvalue weighted by atomic mass is 19.1. The van der Waals surface area contributed by atoms with Crippen molar-refractivity contribution in [3.05, 3.63) is 71.4 Å². The van der Waals surface area contributed by atoms with Gasteiger partial charge in [-0.05, 0) is 75.5 Å². The van der Waals surface area contributed by atoms with Gasteiger partial charge in [0.1, 0.15) is 17.3 Å². The first-order chi connectivity index (χ1) is 15.5. The van der Waals surface area contributed by atoms with Crippen LogP contribution in [0.4, 0.5) is 4.39 Å². The largest absolute Gasteiger partial charge is 0.494 e. The van der Waals surface area contributed by atoms with Gasteiger partial charge in [-0.15, -0.1) is 0 Å². The van der Waals surface area contributed by atoms with E-state index in [9.17, 15) is 9.18 Å². The van der Waals surface area contributed by atoms with Crippen LogP contribution in [0.5, 0.6) is 11.5 Å². The number of unbranched alkanes of at least 4 members (excludes halogenated alkanes) is 1. The summed E-state index contributed by atoms with van der Waals surface area (Å²) >= 11 is 0. The second-order valence-corrected chi connectivity index (χ2v) is 8.67. The summed E-state index contributed by atoms with van der Waals surface area (Å²) in [6, 6.07) is 12.3. The third kappa shape index (κ3) is 5.49. The summed E-state index contributed by atoms with van der Waals surface area (Å²) in [4.78, 5) is 17.3. The van der Waals surface area contributed by atoms with E-state index in [1.807, 2.05) is 38.4 Å². The van der Waals surface area contributed by atoms with E-state index in [4.69, 9.17) is 9.47 Å². The maximum Gasteiger partial charge on any atom is 0.233 e. The van der Waals surface area contributed by atoms with Gasteiger partial charge in [0, 0.05) is 32.4 Å². The van der Waals surface area contributed by atoms with Crippen molar-refractivity contribution in [1.82, 2.24) is 9.80 Å². The number of carbonyl (C=O) groups is 1. The van der Waals surface area contributed by atoms with Crippen LogP contribution in [-0.4, -0.2) is 54.9 Å². The number of likely N-dealkylation sites (tertiary alicyclic amines) is 1. The molecule has 2 aromatic rings. The van der Waals surface area contributed by atoms with E-state index in [1.54, 1.807) is 12.1 Å². The van der Waals surface area contributed by atoms with Crippen LogP contribution in [0, 0.1) is 12.7 Å². The van der Waals surface area contributed by atoms with Gasteiger partial charge >= 0.3 is 0 Å². The number of hydrogen-bond donors (Lipinski definition) is 0. The van der Waals surface area contributed by atoms with E-state index in [0.29, 0.717) is 35.5 Å². The fraction of sp³-hybridized carbons (Fsp3) is 0.423. The minimum absolute atomic E-state index is 0.0316. The summed E-state index contributed by atoms with van der Waals surface area (Å²) < 4.78 is 24.4. The van der Waals surface area contributed by atoms with Crippen molar-refractivity contribution >= 4 is 5.78 Å². The Balaban J connectivity index is 1.17. The average molecular weight is 439 g/mol. The van der Waals surface area contributed by atoms with Gasteiger partial charge in [0.05, 0.1) is 12.2 Å². The third-order valence-electron chi connectivity index (χ3n) is 6.23. The minimum atomic E-state index is -0.245. The van der Waals surface area contributed by atoms with E-state index in [1.165, 1.54) is 12.1 Å². The molecule has 2 aromatic carbocycles. The Morgan fingerprint density at radius 1 is 1.16 bits per heavy atom. The van der Waals surface area contributed by atoms with Gasteiger partial charge < -0.3 is 19.3 Å². The average Bonchev–Trinajstić information content (AvgIpc) is 3.10. The molecule has 2 aliphatic rings. The molecule has 6 heteroatoms. The van der Waals surface area contributed by atoms with Crippen molar-refractivity contribution in [3.63, 3.8) is 0 Å². The van der Waals surface area contributed by atoms with Crippen molar-refractivity contribution < 1.29 is 18.7 Å². The van der Waals surface area contributed by atoms with Crippen LogP contribution in [0.15, 0.2) is 54.4 Å². The highest BCUT2D eigenvalue weighted by molar-refractivity contribution is 6.12. The van der Waals surface area contributed by atoms with E-state index in [0.717, 1.165) is 50.9 Å². The van der Waals surface area contributed by atoms with Crippen LogP contribution < -0.4 is 9.47 Å². The lowest BCUT2D eigenvalue weighted by molar-refractivity contribution is 0.100. The van der Waals surface area contributed by atoms with Gasteiger partial charge in [-0.3, -0.25) is 4.79 Å². The number of carbonyl (C=O) groups excluding carboxylic acids is 1. The molecule has 0 spiro atoms. The summed E-state index contributed by atoms with van der Waals surface area (Å²) in [6.45, 7) is 5.78. The van der Waals surface area contributed by atoms with Crippen molar-refractivity contribution in [2.75, 3.05) is 33.3 Å². The molecule has 0 saturated carbocycles. The molecule has 0 aromatic heterocycles. The molecule has 1 saturated heterocycles. The molecule has 0 radical (unpaired) electrons. The van der Waals surface area contributed by atoms with Crippen LogP contribution >= 0.6 is 0 Å². The molecule has 0 bridgehead atoms. The molecule has 0 atom stereocenters. The predicted octanol–water partition coefficient (Wildman–Crippen LogP) is 4.81. The highest BCUT2D eigenvalue weighted by Crippen LogP contribution is 2.32. The quantitative estimate of drug-likeness (QED) is 0.437. The molecule has 170 valence electrons. The lowest BCUT2D eigenvalue weighted by Gasteiger charge is -2.36. The van der Waals surface area contributed by atoms with E-state index < -0.39 is 0 Å². The highest BCUT2D eigenvalue weighted by Gasteiger charge is 2.29. The summed E-state index contributed by atoms with van der Waals surface area (Å²) in [6.07, 6.45) is 6.04. The van der Waals surface area contributed by atoms with Crippen molar-refractivity contribution in [1.29, 1.82) is 0 Å². The van der Waals surface area contributed by atoms with Crippen molar-refractivity contribution in [2.45, 2.75) is 38.6 Å². The number of fused-ring (bicyclic) bond motifs is 1. The van der Waals surface area contributed by atoms with Crippen LogP contribution in [-0.2, 0) is 0 Å². The Bertz CT molecular complexity index is 966. The number of Topliss-reactive ketones (excluding diaryl/α,β-unsaturated/α-hetero) is 1. The first-order valence-electron chi connectivity index (χ1n) is 11.4. The van der Waals surface area contributed by atoms with Crippen LogP contribution in [0.3, 0.4) is 0 Å². The Hall–Kier alpha value is -2.86. The number of aryl methyl sites for hydroxylation is 1. The zero-order chi connectivity index (χ0) is 22.5. The number of nitrogens with zero attached hydrogens (tertiary/aromatic N) is 2. The Morgan fingerprint density at radius 2 is 1.91 bits per heavy atom. The Labute approximate surface area is 189 Å². The fourth-order valence-electron chi connectivity index (χ4n) is 4.29. The Morgan fingerprint density at radius 3 is 2.66 bits per heavy atom. The second kappa shape index (κ2) is 10.2. The maximum absolute atomic E-state index is 12.9. The zero-order valence-electron chi connectivity index (χ0n) is 18.9. The molecular weight excluding hydrogens is 407 g/mol. The molecule has 5 nitrogen and oxygen atoms in total. The van der Waals surface area contributed by atoms with Gasteiger partial charge in [-0.2, -0.15) is 0 Å². The van der Waals surface area contributed by atoms with Crippen molar-refractivity contribution in [2.24, 2.45) is 0 Å². The molecule has 0 aliphatic carbocycles. The number of rotatable bonds is 8. The number of ether oxygens (including phenoxy) is 2. The molecule has 0 unspecified atom stereocenters. The number of halogens is 1. The number of benzene rings is 2. The third-order valence-corrected chi connectivity index (χ3v) is 6.23. The van der Waals surface area contributed by atoms with Crippen molar-refractivity contribution in [3.8, 4) is 11.5 Å². The topological polar surface area (TPSA) is 42.0 Å². The number of allylic oxidation sites excluding steroid dienone is 1. The summed E-state index contributed by atoms with van der Waals surface area (Å²) in [5.74, 6) is 1.50. The van der Waals surface area contributed by atoms with E-state index in [2.05, 4.69) is 9.80 Å². The zero-order valence-corrected chi connectivity index (χ0v) is 18.9. The molecular formula is C26H31FN2O3. The van der Waals surface area contributed by atoms with Crippen LogP contribution in [0.25, 0.3) is 0 Å². The molecule has 32 heavy (non-hydrogen) atoms. The normalized spacial score (nSPS) is 18.0. The number of hydrogen-bond acceptors (Lipinski definition) is 5. The maximum atomic E-state index is 12.9. The molecule has 1 fully saturated rings. The second-order valence-electron chi connectivity index (χ2n) is 8.67. The van der Waals surface area contributed by atoms with Crippen LogP contribution in [0.1, 0.15) is 41.6 Å². The van der Waals surface area contributed by atoms with Gasteiger partial charge in [0.25, 0.3) is 0 Å². The van der Waals surface area contributed by atoms with Gasteiger partial charge in [0.2, 0.25) is 5.78 Å². The molecule has 2 aliphatic heterocycles. The standard InChI is InChI=1S/C26H31FN2O3/c1-19-5-10-24-23(17-19)26(30)25(32-24)18-28(2)21-11-14-29(15-12-21)13-3-4-16-31-22-8-6-20(27)7-9-22/h5-10,17-18,21H,3-4,11-16H2,1-2H3. The summed E-state index contributed by atoms with van der Waals surface area (Å²) in [5, 5.41) is 0. The molecule has 0 amide bonds. The SMILES string of the molecule is Cc1ccc2c(c1)C(=O)C(=CN(C)C1CCN(CCCCOc3ccc(F)cc3)CC1)O2. The first kappa shape index (κ1) is 22.3. The summed E-state index contributed by atoms with van der Waals surface area (Å²) in [5.41, 5.74) is 1.72. The predicted molar refractivity (Wildman–Crippen MR) is 123 cm³/mol. The smallest absolute Gasteiger partial charge is 0.233 e. The minimum Gasteiger partial charge on any atom is -0.494 e. The number of piperidine rings is 1. The monoisotopic (exact) mass is 438 g/mol. The van der Waals surface area contributed by atoms with Gasteiger partial charge in [0.15, 0.2) is 5.76 Å². The lowest BCUT2D eigenvalue weighted by atomic mass is 10.0. The van der Waals surface area contributed by atoms with E-state index in [-0.39, 0.29) is 11.6 Å². The molecule has 0 N–H and O–H groups in total. The summed E-state index contributed by atoms with van der Waals surface area (Å²) in [7, 11) is 2.03. The fourth-order valence-corrected chi connectivity index (χ4v) is 4.29. The Kier molecular flexibility index (Phi) is 7.10. The van der Waals surface area contributed by atoms with Crippen LogP contribution in [0.2, 0.25) is 0 Å².